The molecule has 0 radical (unpaired) electrons. The van der Waals surface area contributed by atoms with Crippen LogP contribution in [0, 0.1) is 0 Å². The van der Waals surface area contributed by atoms with Gasteiger partial charge in [0, 0.05) is 27.3 Å². The monoisotopic (exact) mass is 312 g/mol. The van der Waals surface area contributed by atoms with Crippen molar-refractivity contribution < 1.29 is 5.21 Å². The first-order chi connectivity index (χ1) is 8.20. The Morgan fingerprint density at radius 2 is 2.35 bits per heavy atom. The zero-order valence-corrected chi connectivity index (χ0v) is 11.0. The van der Waals surface area contributed by atoms with Crippen molar-refractivity contribution in [3.8, 4) is 0 Å². The first-order valence-electron chi connectivity index (χ1n) is 4.65. The second-order valence-corrected chi connectivity index (χ2v) is 5.04. The van der Waals surface area contributed by atoms with E-state index in [1.54, 1.807) is 18.5 Å². The third kappa shape index (κ3) is 2.80. The predicted octanol–water partition coefficient (Wildman–Crippen LogP) is 2.42. The summed E-state index contributed by atoms with van der Waals surface area (Å²) in [5.41, 5.74) is 6.18. The molecular formula is C10H9BrN4OS. The van der Waals surface area contributed by atoms with Crippen LogP contribution in [-0.2, 0) is 0 Å². The van der Waals surface area contributed by atoms with Crippen molar-refractivity contribution >= 4 is 33.5 Å². The Kier molecular flexibility index (Phi) is 3.70. The molecule has 0 bridgehead atoms. The van der Waals surface area contributed by atoms with Crippen molar-refractivity contribution in [2.75, 3.05) is 0 Å². The number of hydrogen-bond donors (Lipinski definition) is 3. The number of nitrogens with one attached hydrogen (secondary N) is 1. The lowest BCUT2D eigenvalue weighted by Crippen LogP contribution is -2.13. The van der Waals surface area contributed by atoms with Crippen molar-refractivity contribution in [3.05, 3.63) is 40.6 Å². The maximum atomic E-state index is 8.61. The van der Waals surface area contributed by atoms with E-state index in [9.17, 15) is 0 Å². The van der Waals surface area contributed by atoms with Crippen LogP contribution in [0.15, 0.2) is 50.3 Å². The van der Waals surface area contributed by atoms with Gasteiger partial charge in [-0.2, -0.15) is 0 Å². The zero-order chi connectivity index (χ0) is 12.3. The number of H-pyrrole nitrogens is 1. The first kappa shape index (κ1) is 12.0. The van der Waals surface area contributed by atoms with Crippen LogP contribution in [0.1, 0.15) is 5.56 Å². The predicted molar refractivity (Wildman–Crippen MR) is 69.4 cm³/mol. The number of oxime groups is 1. The molecular weight excluding hydrogens is 304 g/mol. The minimum absolute atomic E-state index is 0.0754. The van der Waals surface area contributed by atoms with Crippen LogP contribution < -0.4 is 5.73 Å². The molecule has 1 heterocycles. The van der Waals surface area contributed by atoms with Gasteiger partial charge >= 0.3 is 0 Å². The van der Waals surface area contributed by atoms with Crippen LogP contribution in [-0.4, -0.2) is 21.0 Å². The lowest BCUT2D eigenvalue weighted by atomic mass is 10.2. The van der Waals surface area contributed by atoms with Crippen LogP contribution in [0.2, 0.25) is 0 Å². The Labute approximate surface area is 110 Å². The summed E-state index contributed by atoms with van der Waals surface area (Å²) in [6, 6.07) is 5.55. The molecule has 1 aromatic heterocycles. The number of amidine groups is 1. The van der Waals surface area contributed by atoms with Crippen molar-refractivity contribution in [2.45, 2.75) is 10.1 Å². The van der Waals surface area contributed by atoms with Gasteiger partial charge in [-0.3, -0.25) is 0 Å². The molecule has 2 rings (SSSR count). The quantitative estimate of drug-likeness (QED) is 0.351. The van der Waals surface area contributed by atoms with Gasteiger partial charge in [0.15, 0.2) is 11.0 Å². The van der Waals surface area contributed by atoms with Crippen molar-refractivity contribution in [1.82, 2.24) is 9.97 Å². The van der Waals surface area contributed by atoms with E-state index in [0.717, 1.165) is 14.5 Å². The van der Waals surface area contributed by atoms with E-state index >= 15 is 0 Å². The Morgan fingerprint density at radius 3 is 2.94 bits per heavy atom. The molecule has 0 unspecified atom stereocenters. The molecule has 0 saturated carbocycles. The number of nitrogens with two attached hydrogens (primary N) is 1. The average Bonchev–Trinajstić information content (AvgIpc) is 2.81. The number of rotatable bonds is 3. The third-order valence-electron chi connectivity index (χ3n) is 2.01. The Hall–Kier alpha value is -1.47. The number of hydrogen-bond acceptors (Lipinski definition) is 4. The number of nitrogens with zero attached hydrogens (tertiary/aromatic N) is 2. The molecule has 0 atom stereocenters. The molecule has 0 saturated heterocycles. The smallest absolute Gasteiger partial charge is 0.171 e. The highest BCUT2D eigenvalue weighted by molar-refractivity contribution is 9.10. The normalized spacial score (nSPS) is 11.7. The SMILES string of the molecule is N/C(=N/O)c1ccc(Sc2ncc[nH]2)cc1Br. The summed E-state index contributed by atoms with van der Waals surface area (Å²) in [7, 11) is 0. The average molecular weight is 313 g/mol. The Morgan fingerprint density at radius 1 is 1.53 bits per heavy atom. The summed E-state index contributed by atoms with van der Waals surface area (Å²) < 4.78 is 0.768. The van der Waals surface area contributed by atoms with Crippen molar-refractivity contribution in [3.63, 3.8) is 0 Å². The topological polar surface area (TPSA) is 87.3 Å². The largest absolute Gasteiger partial charge is 0.409 e. The maximum absolute atomic E-state index is 8.61. The number of aromatic nitrogens is 2. The van der Waals surface area contributed by atoms with E-state index in [4.69, 9.17) is 10.9 Å². The number of benzene rings is 1. The van der Waals surface area contributed by atoms with Crippen LogP contribution in [0.4, 0.5) is 0 Å². The second kappa shape index (κ2) is 5.24. The fraction of sp³-hybridized carbons (Fsp3) is 0. The zero-order valence-electron chi connectivity index (χ0n) is 8.59. The lowest BCUT2D eigenvalue weighted by molar-refractivity contribution is 0.318. The van der Waals surface area contributed by atoms with E-state index in [2.05, 4.69) is 31.1 Å². The summed E-state index contributed by atoms with van der Waals surface area (Å²) in [5, 5.41) is 12.4. The fourth-order valence-corrected chi connectivity index (χ4v) is 2.75. The van der Waals surface area contributed by atoms with Crippen LogP contribution >= 0.6 is 27.7 Å². The van der Waals surface area contributed by atoms with E-state index in [1.165, 1.54) is 11.8 Å². The van der Waals surface area contributed by atoms with Gasteiger partial charge in [0.25, 0.3) is 0 Å². The van der Waals surface area contributed by atoms with Crippen molar-refractivity contribution in [1.29, 1.82) is 0 Å². The maximum Gasteiger partial charge on any atom is 0.171 e. The Balaban J connectivity index is 2.25. The summed E-state index contributed by atoms with van der Waals surface area (Å²) >= 11 is 4.87. The lowest BCUT2D eigenvalue weighted by Gasteiger charge is -2.04. The molecule has 88 valence electrons. The highest BCUT2D eigenvalue weighted by atomic mass is 79.9. The van der Waals surface area contributed by atoms with Gasteiger partial charge in [-0.15, -0.1) is 0 Å². The van der Waals surface area contributed by atoms with Crippen molar-refractivity contribution in [2.24, 2.45) is 10.9 Å². The van der Waals surface area contributed by atoms with Gasteiger partial charge in [0.2, 0.25) is 0 Å². The van der Waals surface area contributed by atoms with Gasteiger partial charge in [-0.25, -0.2) is 4.98 Å². The molecule has 0 amide bonds. The summed E-state index contributed by atoms with van der Waals surface area (Å²) in [6.45, 7) is 0. The Bertz CT molecular complexity index is 541. The molecule has 7 heteroatoms. The standard InChI is InChI=1S/C10H9BrN4OS/c11-8-5-6(17-10-13-3-4-14-10)1-2-7(8)9(12)15-16/h1-5,16H,(H2,12,15)(H,13,14). The van der Waals surface area contributed by atoms with Crippen LogP contribution in [0.5, 0.6) is 0 Å². The fourth-order valence-electron chi connectivity index (χ4n) is 1.24. The van der Waals surface area contributed by atoms with E-state index < -0.39 is 0 Å². The molecule has 17 heavy (non-hydrogen) atoms. The van der Waals surface area contributed by atoms with Gasteiger partial charge in [-0.05, 0) is 34.1 Å². The van der Waals surface area contributed by atoms with Crippen LogP contribution in [0.25, 0.3) is 0 Å². The highest BCUT2D eigenvalue weighted by Crippen LogP contribution is 2.28. The molecule has 5 nitrogen and oxygen atoms in total. The molecule has 4 N–H and O–H groups in total. The molecule has 0 aliphatic heterocycles. The first-order valence-corrected chi connectivity index (χ1v) is 6.26. The summed E-state index contributed by atoms with van der Waals surface area (Å²) in [6.07, 6.45) is 3.46. The minimum Gasteiger partial charge on any atom is -0.409 e. The molecule has 0 aliphatic carbocycles. The highest BCUT2D eigenvalue weighted by Gasteiger charge is 2.07. The van der Waals surface area contributed by atoms with Gasteiger partial charge in [-0.1, -0.05) is 16.9 Å². The van der Waals surface area contributed by atoms with E-state index in [0.29, 0.717) is 5.56 Å². The second-order valence-electron chi connectivity index (χ2n) is 3.12. The van der Waals surface area contributed by atoms with E-state index in [1.807, 2.05) is 12.1 Å². The number of halogens is 1. The molecule has 0 aliphatic rings. The molecule has 1 aromatic carbocycles. The van der Waals surface area contributed by atoms with Gasteiger partial charge in [0.1, 0.15) is 0 Å². The van der Waals surface area contributed by atoms with E-state index in [-0.39, 0.29) is 5.84 Å². The summed E-state index contributed by atoms with van der Waals surface area (Å²) in [4.78, 5) is 8.12. The molecule has 2 aromatic rings. The molecule has 0 spiro atoms. The third-order valence-corrected chi connectivity index (χ3v) is 3.57. The number of imidazole rings is 1. The summed E-state index contributed by atoms with van der Waals surface area (Å²) in [5.74, 6) is 0.0754. The van der Waals surface area contributed by atoms with Gasteiger partial charge < -0.3 is 15.9 Å². The van der Waals surface area contributed by atoms with Gasteiger partial charge in [0.05, 0.1) is 0 Å². The number of aromatic amines is 1. The minimum atomic E-state index is 0.0754. The molecule has 0 fully saturated rings. The van der Waals surface area contributed by atoms with Crippen LogP contribution in [0.3, 0.4) is 0 Å².